The van der Waals surface area contributed by atoms with Gasteiger partial charge < -0.3 is 4.90 Å². The van der Waals surface area contributed by atoms with Gasteiger partial charge in [0.1, 0.15) is 0 Å². The molecule has 6 heteroatoms. The first kappa shape index (κ1) is 22.7. The van der Waals surface area contributed by atoms with Crippen molar-refractivity contribution in [3.8, 4) is 11.8 Å². The minimum Gasteiger partial charge on any atom is -0.301 e. The summed E-state index contributed by atoms with van der Waals surface area (Å²) in [6.45, 7) is 5.89. The zero-order valence-corrected chi connectivity index (χ0v) is 18.0. The van der Waals surface area contributed by atoms with Crippen LogP contribution in [-0.2, 0) is 14.8 Å². The normalized spacial score (nSPS) is 11.0. The lowest BCUT2D eigenvalue weighted by Crippen LogP contribution is -2.31. The van der Waals surface area contributed by atoms with Gasteiger partial charge in [-0.25, -0.2) is 13.1 Å². The summed E-state index contributed by atoms with van der Waals surface area (Å²) in [6.07, 6.45) is 2.29. The molecule has 0 aliphatic heterocycles. The van der Waals surface area contributed by atoms with Crippen LogP contribution in [0.1, 0.15) is 45.6 Å². The van der Waals surface area contributed by atoms with E-state index in [0.717, 1.165) is 18.5 Å². The van der Waals surface area contributed by atoms with E-state index in [2.05, 4.69) is 23.5 Å². The third kappa shape index (κ3) is 7.04. The predicted octanol–water partition coefficient (Wildman–Crippen LogP) is 3.95. The molecule has 1 N–H and O–H groups in total. The maximum Gasteiger partial charge on any atom is 0.240 e. The highest BCUT2D eigenvalue weighted by Gasteiger charge is 2.15. The Morgan fingerprint density at radius 1 is 1.07 bits per heavy atom. The highest BCUT2D eigenvalue weighted by Crippen LogP contribution is 2.15. The molecule has 2 aromatic carbocycles. The molecule has 0 fully saturated rings. The van der Waals surface area contributed by atoms with Gasteiger partial charge in [0.15, 0.2) is 0 Å². The molecule has 29 heavy (non-hydrogen) atoms. The van der Waals surface area contributed by atoms with Gasteiger partial charge in [-0.15, -0.1) is 0 Å². The molecule has 2 rings (SSSR count). The zero-order chi connectivity index (χ0) is 21.3. The Kier molecular flexibility index (Phi) is 8.44. The molecule has 0 atom stereocenters. The number of carbonyl (C=O) groups is 1. The van der Waals surface area contributed by atoms with E-state index in [-0.39, 0.29) is 23.4 Å². The largest absolute Gasteiger partial charge is 0.301 e. The van der Waals surface area contributed by atoms with E-state index in [1.807, 2.05) is 30.3 Å². The van der Waals surface area contributed by atoms with Crippen LogP contribution in [0.3, 0.4) is 0 Å². The standard InChI is InChI=1S/C23H28N2O3S/c1-4-5-13-23(26)25(21-11-7-6-8-12-21)18-9-10-20-14-16-22(17-15-20)29(27,28)24-19(2)3/h6-8,11-12,14-17,19,24H,4-5,13,18H2,1-3H3. The van der Waals surface area contributed by atoms with Crippen molar-refractivity contribution in [3.63, 3.8) is 0 Å². The van der Waals surface area contributed by atoms with Crippen molar-refractivity contribution in [3.05, 3.63) is 60.2 Å². The van der Waals surface area contributed by atoms with Crippen molar-refractivity contribution >= 4 is 21.6 Å². The third-order valence-corrected chi connectivity index (χ3v) is 5.81. The van der Waals surface area contributed by atoms with Gasteiger partial charge >= 0.3 is 0 Å². The molecule has 154 valence electrons. The van der Waals surface area contributed by atoms with Crippen molar-refractivity contribution < 1.29 is 13.2 Å². The lowest BCUT2D eigenvalue weighted by atomic mass is 10.2. The second-order valence-electron chi connectivity index (χ2n) is 7.02. The topological polar surface area (TPSA) is 66.5 Å². The van der Waals surface area contributed by atoms with Gasteiger partial charge in [0.2, 0.25) is 15.9 Å². The van der Waals surface area contributed by atoms with Crippen molar-refractivity contribution in [1.29, 1.82) is 0 Å². The fourth-order valence-electron chi connectivity index (χ4n) is 2.71. The first-order valence-electron chi connectivity index (χ1n) is 9.80. The van der Waals surface area contributed by atoms with Gasteiger partial charge in [-0.05, 0) is 56.7 Å². The van der Waals surface area contributed by atoms with Crippen LogP contribution in [0.2, 0.25) is 0 Å². The second-order valence-corrected chi connectivity index (χ2v) is 8.74. The Bertz CT molecular complexity index is 957. The zero-order valence-electron chi connectivity index (χ0n) is 17.2. The molecule has 0 spiro atoms. The van der Waals surface area contributed by atoms with E-state index in [4.69, 9.17) is 0 Å². The summed E-state index contributed by atoms with van der Waals surface area (Å²) >= 11 is 0. The number of benzene rings is 2. The van der Waals surface area contributed by atoms with Gasteiger partial charge in [-0.3, -0.25) is 4.79 Å². The number of nitrogens with one attached hydrogen (secondary N) is 1. The number of carbonyl (C=O) groups excluding carboxylic acids is 1. The first-order chi connectivity index (χ1) is 13.8. The van der Waals surface area contributed by atoms with Crippen LogP contribution in [0.4, 0.5) is 5.69 Å². The Hall–Kier alpha value is -2.62. The smallest absolute Gasteiger partial charge is 0.240 e. The average molecular weight is 413 g/mol. The van der Waals surface area contributed by atoms with Crippen molar-refractivity contribution in [2.75, 3.05) is 11.4 Å². The van der Waals surface area contributed by atoms with Crippen LogP contribution in [0.25, 0.3) is 0 Å². The molecule has 0 saturated heterocycles. The molecule has 2 aromatic rings. The third-order valence-electron chi connectivity index (χ3n) is 4.14. The van der Waals surface area contributed by atoms with Gasteiger partial charge in [-0.2, -0.15) is 0 Å². The molecular weight excluding hydrogens is 384 g/mol. The first-order valence-corrected chi connectivity index (χ1v) is 11.3. The second kappa shape index (κ2) is 10.8. The Labute approximate surface area is 174 Å². The highest BCUT2D eigenvalue weighted by atomic mass is 32.2. The number of rotatable bonds is 8. The summed E-state index contributed by atoms with van der Waals surface area (Å²) in [6, 6.07) is 15.7. The molecule has 0 aliphatic rings. The van der Waals surface area contributed by atoms with E-state index in [0.29, 0.717) is 12.0 Å². The molecule has 0 unspecified atom stereocenters. The fraction of sp³-hybridized carbons (Fsp3) is 0.348. The summed E-state index contributed by atoms with van der Waals surface area (Å²) in [5.41, 5.74) is 1.52. The molecule has 0 bridgehead atoms. The minimum atomic E-state index is -3.52. The van der Waals surface area contributed by atoms with Crippen LogP contribution in [0, 0.1) is 11.8 Å². The number of hydrogen-bond acceptors (Lipinski definition) is 3. The van der Waals surface area contributed by atoms with Crippen LogP contribution >= 0.6 is 0 Å². The number of sulfonamides is 1. The van der Waals surface area contributed by atoms with Crippen LogP contribution in [-0.4, -0.2) is 26.9 Å². The molecule has 0 aliphatic carbocycles. The summed E-state index contributed by atoms with van der Waals surface area (Å²) in [7, 11) is -3.52. The Morgan fingerprint density at radius 3 is 2.31 bits per heavy atom. The van der Waals surface area contributed by atoms with Gasteiger partial charge in [-0.1, -0.05) is 43.4 Å². The molecule has 5 nitrogen and oxygen atoms in total. The van der Waals surface area contributed by atoms with Crippen molar-refractivity contribution in [2.24, 2.45) is 0 Å². The number of amides is 1. The summed E-state index contributed by atoms with van der Waals surface area (Å²) in [5, 5.41) is 0. The summed E-state index contributed by atoms with van der Waals surface area (Å²) < 4.78 is 26.9. The number of hydrogen-bond donors (Lipinski definition) is 1. The lowest BCUT2D eigenvalue weighted by molar-refractivity contribution is -0.118. The van der Waals surface area contributed by atoms with Crippen LogP contribution < -0.4 is 9.62 Å². The number of para-hydroxylation sites is 1. The maximum atomic E-state index is 12.6. The number of anilines is 1. The van der Waals surface area contributed by atoms with Gasteiger partial charge in [0.25, 0.3) is 0 Å². The van der Waals surface area contributed by atoms with Crippen molar-refractivity contribution in [1.82, 2.24) is 4.72 Å². The maximum absolute atomic E-state index is 12.6. The van der Waals surface area contributed by atoms with E-state index in [1.165, 1.54) is 12.1 Å². The summed E-state index contributed by atoms with van der Waals surface area (Å²) in [5.74, 6) is 6.10. The van der Waals surface area contributed by atoms with Crippen LogP contribution in [0.15, 0.2) is 59.5 Å². The van der Waals surface area contributed by atoms with E-state index in [9.17, 15) is 13.2 Å². The monoisotopic (exact) mass is 412 g/mol. The average Bonchev–Trinajstić information content (AvgIpc) is 2.69. The fourth-order valence-corrected chi connectivity index (χ4v) is 3.96. The van der Waals surface area contributed by atoms with Gasteiger partial charge in [0.05, 0.1) is 11.4 Å². The van der Waals surface area contributed by atoms with E-state index >= 15 is 0 Å². The molecule has 0 heterocycles. The molecule has 1 amide bonds. The lowest BCUT2D eigenvalue weighted by Gasteiger charge is -2.20. The minimum absolute atomic E-state index is 0.0496. The molecular formula is C23H28N2O3S. The number of nitrogens with zero attached hydrogens (tertiary/aromatic N) is 1. The highest BCUT2D eigenvalue weighted by molar-refractivity contribution is 7.89. The Morgan fingerprint density at radius 2 is 1.72 bits per heavy atom. The molecule has 0 radical (unpaired) electrons. The predicted molar refractivity (Wildman–Crippen MR) is 117 cm³/mol. The SMILES string of the molecule is CCCCC(=O)N(CC#Cc1ccc(S(=O)(=O)NC(C)C)cc1)c1ccccc1. The number of unbranched alkanes of at least 4 members (excludes halogenated alkanes) is 1. The quantitative estimate of drug-likeness (QED) is 0.668. The van der Waals surface area contributed by atoms with Crippen LogP contribution in [0.5, 0.6) is 0 Å². The van der Waals surface area contributed by atoms with Crippen molar-refractivity contribution in [2.45, 2.75) is 51.0 Å². The summed E-state index contributed by atoms with van der Waals surface area (Å²) in [4.78, 5) is 14.5. The van der Waals surface area contributed by atoms with Gasteiger partial charge in [0, 0.05) is 23.7 Å². The van der Waals surface area contributed by atoms with E-state index < -0.39 is 10.0 Å². The molecule has 0 aromatic heterocycles. The Balaban J connectivity index is 2.13. The molecule has 0 saturated carbocycles. The van der Waals surface area contributed by atoms with E-state index in [1.54, 1.807) is 30.9 Å².